The maximum absolute atomic E-state index is 13.2. The number of hydrogen-bond acceptors (Lipinski definition) is 7. The number of benzene rings is 3. The van der Waals surface area contributed by atoms with Gasteiger partial charge in [-0.05, 0) is 54.2 Å². The van der Waals surface area contributed by atoms with Crippen molar-refractivity contribution in [1.82, 2.24) is 9.97 Å². The molecule has 7 heteroatoms. The predicted molar refractivity (Wildman–Crippen MR) is 166 cm³/mol. The smallest absolute Gasteiger partial charge is 0.228 e. The SMILES string of the molecule is Cc1cc(C(C)Nc2ccccc2C(=O)CC(C)(C)C)c2nc(N3Cc4ccccc4C3)nc(N3CC(O)C3)c2c1. The molecule has 1 fully saturated rings. The van der Waals surface area contributed by atoms with E-state index < -0.39 is 0 Å². The van der Waals surface area contributed by atoms with Gasteiger partial charge in [-0.1, -0.05) is 63.2 Å². The van der Waals surface area contributed by atoms with Crippen LogP contribution in [0.25, 0.3) is 10.9 Å². The Hall–Kier alpha value is -3.97. The molecule has 0 amide bonds. The molecule has 1 aromatic heterocycles. The Morgan fingerprint density at radius 2 is 1.66 bits per heavy atom. The molecule has 6 rings (SSSR count). The molecule has 2 N–H and O–H groups in total. The first-order chi connectivity index (χ1) is 19.6. The highest BCUT2D eigenvalue weighted by atomic mass is 16.3. The van der Waals surface area contributed by atoms with E-state index in [0.717, 1.165) is 46.6 Å². The first-order valence-corrected chi connectivity index (χ1v) is 14.5. The second kappa shape index (κ2) is 10.5. The molecule has 41 heavy (non-hydrogen) atoms. The second-order valence-electron chi connectivity index (χ2n) is 12.9. The van der Waals surface area contributed by atoms with Gasteiger partial charge in [0.1, 0.15) is 5.82 Å². The molecule has 7 nitrogen and oxygen atoms in total. The Bertz CT molecular complexity index is 1590. The van der Waals surface area contributed by atoms with Crippen LogP contribution in [0.1, 0.15) is 72.8 Å². The molecule has 0 aliphatic carbocycles. The lowest BCUT2D eigenvalue weighted by Crippen LogP contribution is -2.51. The highest BCUT2D eigenvalue weighted by Gasteiger charge is 2.31. The van der Waals surface area contributed by atoms with Gasteiger partial charge in [-0.15, -0.1) is 0 Å². The van der Waals surface area contributed by atoms with Gasteiger partial charge in [-0.2, -0.15) is 4.98 Å². The number of aliphatic hydroxyl groups excluding tert-OH is 1. The van der Waals surface area contributed by atoms with Crippen LogP contribution in [0.2, 0.25) is 0 Å². The number of aryl methyl sites for hydroxylation is 1. The lowest BCUT2D eigenvalue weighted by molar-refractivity contribution is 0.0940. The summed E-state index contributed by atoms with van der Waals surface area (Å²) >= 11 is 0. The van der Waals surface area contributed by atoms with Crippen molar-refractivity contribution < 1.29 is 9.90 Å². The number of fused-ring (bicyclic) bond motifs is 2. The largest absolute Gasteiger partial charge is 0.389 e. The molecule has 1 unspecified atom stereocenters. The number of aliphatic hydroxyl groups is 1. The molecule has 1 saturated heterocycles. The molecule has 212 valence electrons. The van der Waals surface area contributed by atoms with Crippen LogP contribution in [0.4, 0.5) is 17.5 Å². The standard InChI is InChI=1S/C34H39N5O2/c1-21-14-27(22(2)35-29-13-9-8-12-26(29)30(41)16-34(3,4)5)31-28(15-21)32(38-19-25(40)20-38)37-33(36-31)39-17-23-10-6-7-11-24(23)18-39/h6-15,22,25,35,40H,16-20H2,1-5H3. The fourth-order valence-corrected chi connectivity index (χ4v) is 5.94. The fourth-order valence-electron chi connectivity index (χ4n) is 5.94. The van der Waals surface area contributed by atoms with Gasteiger partial charge in [0.15, 0.2) is 5.78 Å². The fraction of sp³-hybridized carbons (Fsp3) is 0.382. The monoisotopic (exact) mass is 549 g/mol. The normalized spacial score (nSPS) is 16.0. The lowest BCUT2D eigenvalue weighted by Gasteiger charge is -2.38. The van der Waals surface area contributed by atoms with E-state index in [0.29, 0.717) is 31.0 Å². The first-order valence-electron chi connectivity index (χ1n) is 14.5. The summed E-state index contributed by atoms with van der Waals surface area (Å²) in [5.74, 6) is 1.70. The van der Waals surface area contributed by atoms with Crippen molar-refractivity contribution in [2.75, 3.05) is 28.2 Å². The number of carbonyl (C=O) groups is 1. The van der Waals surface area contributed by atoms with E-state index in [1.807, 2.05) is 24.3 Å². The zero-order chi connectivity index (χ0) is 28.9. The Balaban J connectivity index is 1.41. The molecule has 3 aromatic carbocycles. The molecule has 3 heterocycles. The maximum Gasteiger partial charge on any atom is 0.228 e. The van der Waals surface area contributed by atoms with Crippen molar-refractivity contribution in [2.24, 2.45) is 5.41 Å². The van der Waals surface area contributed by atoms with Gasteiger partial charge in [0.05, 0.1) is 17.7 Å². The van der Waals surface area contributed by atoms with E-state index >= 15 is 0 Å². The van der Waals surface area contributed by atoms with Crippen molar-refractivity contribution in [2.45, 2.75) is 66.3 Å². The van der Waals surface area contributed by atoms with Crippen LogP contribution in [-0.4, -0.2) is 40.1 Å². The summed E-state index contributed by atoms with van der Waals surface area (Å²) in [6.45, 7) is 13.1. The number of nitrogens with zero attached hydrogens (tertiary/aromatic N) is 4. The number of β-amino-alcohol motifs (C(OH)–C–C–N with tert-alkyl or cyclic N) is 1. The van der Waals surface area contributed by atoms with Gasteiger partial charge in [0, 0.05) is 54.8 Å². The number of Topliss-reactive ketones (excluding diaryl/α,β-unsaturated/α-hetero) is 1. The minimum atomic E-state index is -0.341. The van der Waals surface area contributed by atoms with E-state index in [1.165, 1.54) is 11.1 Å². The molecule has 0 saturated carbocycles. The van der Waals surface area contributed by atoms with Gasteiger partial charge >= 0.3 is 0 Å². The van der Waals surface area contributed by atoms with Crippen LogP contribution < -0.4 is 15.1 Å². The zero-order valence-electron chi connectivity index (χ0n) is 24.6. The van der Waals surface area contributed by atoms with E-state index in [-0.39, 0.29) is 23.3 Å². The molecule has 2 aliphatic heterocycles. The van der Waals surface area contributed by atoms with E-state index in [9.17, 15) is 9.90 Å². The topological polar surface area (TPSA) is 81.6 Å². The highest BCUT2D eigenvalue weighted by molar-refractivity contribution is 6.01. The van der Waals surface area contributed by atoms with Crippen LogP contribution in [0.15, 0.2) is 60.7 Å². The second-order valence-corrected chi connectivity index (χ2v) is 12.9. The number of anilines is 3. The minimum absolute atomic E-state index is 0.0913. The van der Waals surface area contributed by atoms with Gasteiger partial charge in [0.25, 0.3) is 0 Å². The van der Waals surface area contributed by atoms with Crippen molar-refractivity contribution >= 4 is 34.1 Å². The van der Waals surface area contributed by atoms with Crippen molar-refractivity contribution in [3.05, 3.63) is 88.5 Å². The van der Waals surface area contributed by atoms with Crippen LogP contribution in [-0.2, 0) is 13.1 Å². The summed E-state index contributed by atoms with van der Waals surface area (Å²) in [6, 6.07) is 20.5. The average molecular weight is 550 g/mol. The van der Waals surface area contributed by atoms with Gasteiger partial charge in [0.2, 0.25) is 5.95 Å². The molecule has 4 aromatic rings. The lowest BCUT2D eigenvalue weighted by atomic mass is 9.87. The van der Waals surface area contributed by atoms with Crippen molar-refractivity contribution in [3.63, 3.8) is 0 Å². The molecule has 0 radical (unpaired) electrons. The van der Waals surface area contributed by atoms with Crippen LogP contribution in [0.5, 0.6) is 0 Å². The van der Waals surface area contributed by atoms with Crippen molar-refractivity contribution in [1.29, 1.82) is 0 Å². The van der Waals surface area contributed by atoms with Gasteiger partial charge < -0.3 is 20.2 Å². The molecular formula is C34H39N5O2. The summed E-state index contributed by atoms with van der Waals surface area (Å²) in [4.78, 5) is 27.9. The summed E-state index contributed by atoms with van der Waals surface area (Å²) in [5, 5.41) is 14.8. The number of ketones is 1. The van der Waals surface area contributed by atoms with Crippen molar-refractivity contribution in [3.8, 4) is 0 Å². The number of hydrogen-bond donors (Lipinski definition) is 2. The zero-order valence-corrected chi connectivity index (χ0v) is 24.6. The average Bonchev–Trinajstić information content (AvgIpc) is 3.34. The van der Waals surface area contributed by atoms with E-state index in [1.54, 1.807) is 0 Å². The third-order valence-corrected chi connectivity index (χ3v) is 7.98. The molecule has 0 bridgehead atoms. The van der Waals surface area contributed by atoms with E-state index in [4.69, 9.17) is 9.97 Å². The van der Waals surface area contributed by atoms with Crippen LogP contribution in [0, 0.1) is 12.3 Å². The number of para-hydroxylation sites is 1. The summed E-state index contributed by atoms with van der Waals surface area (Å²) in [7, 11) is 0. The van der Waals surface area contributed by atoms with E-state index in [2.05, 4.69) is 86.1 Å². The number of carbonyl (C=O) groups excluding carboxylic acids is 1. The molecule has 0 spiro atoms. The van der Waals surface area contributed by atoms with Gasteiger partial charge in [-0.3, -0.25) is 4.79 Å². The minimum Gasteiger partial charge on any atom is -0.389 e. The Morgan fingerprint density at radius 3 is 2.32 bits per heavy atom. The summed E-state index contributed by atoms with van der Waals surface area (Å²) < 4.78 is 0. The summed E-state index contributed by atoms with van der Waals surface area (Å²) in [6.07, 6.45) is 0.138. The molecule has 2 aliphatic rings. The number of nitrogens with one attached hydrogen (secondary N) is 1. The highest BCUT2D eigenvalue weighted by Crippen LogP contribution is 2.37. The third-order valence-electron chi connectivity index (χ3n) is 7.98. The van der Waals surface area contributed by atoms with Gasteiger partial charge in [-0.25, -0.2) is 4.98 Å². The Kier molecular flexibility index (Phi) is 6.94. The Labute approximate surface area is 242 Å². The summed E-state index contributed by atoms with van der Waals surface area (Å²) in [5.41, 5.74) is 7.12. The molecule has 1 atom stereocenters. The number of rotatable bonds is 7. The van der Waals surface area contributed by atoms with Crippen LogP contribution in [0.3, 0.4) is 0 Å². The predicted octanol–water partition coefficient (Wildman–Crippen LogP) is 6.43. The molecular weight excluding hydrogens is 510 g/mol. The van der Waals surface area contributed by atoms with Crippen LogP contribution >= 0.6 is 0 Å². The maximum atomic E-state index is 13.2. The Morgan fingerprint density at radius 1 is 1.00 bits per heavy atom. The third kappa shape index (κ3) is 5.51. The number of aromatic nitrogens is 2. The first kappa shape index (κ1) is 27.2. The quantitative estimate of drug-likeness (QED) is 0.257.